The van der Waals surface area contributed by atoms with E-state index in [1.54, 1.807) is 12.1 Å². The van der Waals surface area contributed by atoms with E-state index < -0.39 is 0 Å². The molecule has 1 aromatic carbocycles. The summed E-state index contributed by atoms with van der Waals surface area (Å²) in [6.07, 6.45) is 0.935. The summed E-state index contributed by atoms with van der Waals surface area (Å²) in [6, 6.07) is 7.28. The Kier molecular flexibility index (Phi) is 14.0. The summed E-state index contributed by atoms with van der Waals surface area (Å²) in [6.45, 7) is 10.0. The lowest BCUT2D eigenvalue weighted by Crippen LogP contribution is -2.38. The van der Waals surface area contributed by atoms with E-state index in [9.17, 15) is 4.79 Å². The van der Waals surface area contributed by atoms with E-state index in [1.807, 2.05) is 19.1 Å². The van der Waals surface area contributed by atoms with Crippen LogP contribution in [0.4, 0.5) is 0 Å². The van der Waals surface area contributed by atoms with Crippen molar-refractivity contribution in [3.8, 4) is 0 Å². The van der Waals surface area contributed by atoms with Gasteiger partial charge in [0.05, 0.1) is 19.2 Å². The van der Waals surface area contributed by atoms with Gasteiger partial charge in [-0.2, -0.15) is 0 Å². The molecule has 0 aliphatic rings. The van der Waals surface area contributed by atoms with Crippen LogP contribution in [0, 0.1) is 5.92 Å². The smallest absolute Gasteiger partial charge is 0.337 e. The Hall–Kier alpha value is -1.35. The van der Waals surface area contributed by atoms with E-state index in [0.717, 1.165) is 44.2 Å². The largest absolute Gasteiger partial charge is 0.465 e. The predicted octanol–water partition coefficient (Wildman–Crippen LogP) is 3.21. The molecule has 0 aliphatic heterocycles. The van der Waals surface area contributed by atoms with Gasteiger partial charge in [0.1, 0.15) is 0 Å². The number of carbonyl (C=O) groups excluding carboxylic acids is 1. The number of hydrogen-bond acceptors (Lipinski definition) is 4. The lowest BCUT2D eigenvalue weighted by Gasteiger charge is -2.12. The standard InChI is InChI=1S/C19H31N3O3.HI/c1-5-20-19(21-11-6-12-25-14-15(2)3)22-13-16-7-9-17(10-8-16)18(23)24-4;/h7-10,15H,5-6,11-14H2,1-4H3,(H2,20,21,22);1H. The first kappa shape index (κ1) is 24.7. The third-order valence-electron chi connectivity index (χ3n) is 3.35. The number of aliphatic imine (C=N–C) groups is 1. The SMILES string of the molecule is CCNC(=NCc1ccc(C(=O)OC)cc1)NCCCOCC(C)C.I. The maximum atomic E-state index is 11.4. The van der Waals surface area contributed by atoms with Gasteiger partial charge in [0.25, 0.3) is 0 Å². The quantitative estimate of drug-likeness (QED) is 0.178. The van der Waals surface area contributed by atoms with Crippen molar-refractivity contribution in [2.45, 2.75) is 33.7 Å². The first-order chi connectivity index (χ1) is 12.1. The van der Waals surface area contributed by atoms with E-state index >= 15 is 0 Å². The third-order valence-corrected chi connectivity index (χ3v) is 3.35. The monoisotopic (exact) mass is 477 g/mol. The number of hydrogen-bond donors (Lipinski definition) is 2. The summed E-state index contributed by atoms with van der Waals surface area (Å²) < 4.78 is 10.3. The Balaban J connectivity index is 0.00000625. The van der Waals surface area contributed by atoms with E-state index in [0.29, 0.717) is 18.0 Å². The topological polar surface area (TPSA) is 72.0 Å². The summed E-state index contributed by atoms with van der Waals surface area (Å²) in [5.74, 6) is 1.02. The second kappa shape index (κ2) is 14.8. The third kappa shape index (κ3) is 10.6. The molecule has 7 heteroatoms. The van der Waals surface area contributed by atoms with Crippen LogP contribution in [0.15, 0.2) is 29.3 Å². The maximum Gasteiger partial charge on any atom is 0.337 e. The van der Waals surface area contributed by atoms with Crippen LogP contribution >= 0.6 is 24.0 Å². The van der Waals surface area contributed by atoms with Gasteiger partial charge in [0, 0.05) is 26.3 Å². The fraction of sp³-hybridized carbons (Fsp3) is 0.579. The Morgan fingerprint density at radius 1 is 1.19 bits per heavy atom. The van der Waals surface area contributed by atoms with Crippen molar-refractivity contribution < 1.29 is 14.3 Å². The van der Waals surface area contributed by atoms with Gasteiger partial charge >= 0.3 is 5.97 Å². The van der Waals surface area contributed by atoms with Crippen molar-refractivity contribution in [3.05, 3.63) is 35.4 Å². The number of nitrogens with one attached hydrogen (secondary N) is 2. The molecule has 0 bridgehead atoms. The highest BCUT2D eigenvalue weighted by Crippen LogP contribution is 2.06. The van der Waals surface area contributed by atoms with Crippen molar-refractivity contribution >= 4 is 35.9 Å². The molecule has 6 nitrogen and oxygen atoms in total. The number of rotatable bonds is 10. The lowest BCUT2D eigenvalue weighted by atomic mass is 10.1. The molecule has 1 aromatic rings. The molecule has 0 saturated carbocycles. The molecule has 26 heavy (non-hydrogen) atoms. The van der Waals surface area contributed by atoms with Crippen LogP contribution in [0.3, 0.4) is 0 Å². The molecule has 2 N–H and O–H groups in total. The lowest BCUT2D eigenvalue weighted by molar-refractivity contribution is 0.0600. The second-order valence-electron chi connectivity index (χ2n) is 6.13. The molecule has 0 unspecified atom stereocenters. The van der Waals surface area contributed by atoms with Gasteiger partial charge in [-0.15, -0.1) is 24.0 Å². The highest BCUT2D eigenvalue weighted by molar-refractivity contribution is 14.0. The molecule has 0 amide bonds. The van der Waals surface area contributed by atoms with E-state index in [-0.39, 0.29) is 29.9 Å². The summed E-state index contributed by atoms with van der Waals surface area (Å²) in [5.41, 5.74) is 1.58. The van der Waals surface area contributed by atoms with Gasteiger partial charge in [0.2, 0.25) is 0 Å². The van der Waals surface area contributed by atoms with E-state index in [2.05, 4.69) is 29.5 Å². The highest BCUT2D eigenvalue weighted by Gasteiger charge is 2.04. The Morgan fingerprint density at radius 3 is 2.46 bits per heavy atom. The zero-order valence-corrected chi connectivity index (χ0v) is 18.5. The molecule has 0 saturated heterocycles. The molecule has 0 atom stereocenters. The number of ether oxygens (including phenoxy) is 2. The molecule has 148 valence electrons. The van der Waals surface area contributed by atoms with Crippen LogP contribution in [0.1, 0.15) is 43.1 Å². The molecule has 1 rings (SSSR count). The summed E-state index contributed by atoms with van der Waals surface area (Å²) in [5, 5.41) is 6.53. The molecule has 0 radical (unpaired) electrons. The Bertz CT molecular complexity index is 533. The Morgan fingerprint density at radius 2 is 1.88 bits per heavy atom. The zero-order valence-electron chi connectivity index (χ0n) is 16.2. The Labute approximate surface area is 174 Å². The van der Waals surface area contributed by atoms with Gasteiger partial charge in [-0.25, -0.2) is 9.79 Å². The average Bonchev–Trinajstić information content (AvgIpc) is 2.62. The van der Waals surface area contributed by atoms with Crippen molar-refractivity contribution in [1.82, 2.24) is 10.6 Å². The van der Waals surface area contributed by atoms with Crippen LogP contribution in [-0.2, 0) is 16.0 Å². The summed E-state index contributed by atoms with van der Waals surface area (Å²) >= 11 is 0. The number of esters is 1. The van der Waals surface area contributed by atoms with Crippen molar-refractivity contribution in [2.75, 3.05) is 33.4 Å². The molecular weight excluding hydrogens is 445 g/mol. The summed E-state index contributed by atoms with van der Waals surface area (Å²) in [4.78, 5) is 16.0. The first-order valence-electron chi connectivity index (χ1n) is 8.84. The molecule has 0 heterocycles. The fourth-order valence-electron chi connectivity index (χ4n) is 2.08. The minimum Gasteiger partial charge on any atom is -0.465 e. The number of nitrogens with zero attached hydrogens (tertiary/aromatic N) is 1. The van der Waals surface area contributed by atoms with Crippen LogP contribution in [-0.4, -0.2) is 45.3 Å². The number of methoxy groups -OCH3 is 1. The van der Waals surface area contributed by atoms with Crippen molar-refractivity contribution in [3.63, 3.8) is 0 Å². The van der Waals surface area contributed by atoms with Gasteiger partial charge < -0.3 is 20.1 Å². The minimum absolute atomic E-state index is 0. The van der Waals surface area contributed by atoms with E-state index in [4.69, 9.17) is 9.47 Å². The summed E-state index contributed by atoms with van der Waals surface area (Å²) in [7, 11) is 1.38. The van der Waals surface area contributed by atoms with Crippen LogP contribution < -0.4 is 10.6 Å². The highest BCUT2D eigenvalue weighted by atomic mass is 127. The van der Waals surface area contributed by atoms with Gasteiger partial charge in [-0.05, 0) is 37.0 Å². The number of benzene rings is 1. The number of carbonyl (C=O) groups is 1. The van der Waals surface area contributed by atoms with Crippen molar-refractivity contribution in [2.24, 2.45) is 10.9 Å². The number of halogens is 1. The molecule has 0 aliphatic carbocycles. The zero-order chi connectivity index (χ0) is 18.5. The first-order valence-corrected chi connectivity index (χ1v) is 8.84. The average molecular weight is 477 g/mol. The van der Waals surface area contributed by atoms with E-state index in [1.165, 1.54) is 7.11 Å². The van der Waals surface area contributed by atoms with Crippen LogP contribution in [0.2, 0.25) is 0 Å². The number of guanidine groups is 1. The van der Waals surface area contributed by atoms with Gasteiger partial charge in [0.15, 0.2) is 5.96 Å². The molecular formula is C19H32IN3O3. The predicted molar refractivity (Wildman–Crippen MR) is 116 cm³/mol. The fourth-order valence-corrected chi connectivity index (χ4v) is 2.08. The van der Waals surface area contributed by atoms with Gasteiger partial charge in [-0.1, -0.05) is 26.0 Å². The van der Waals surface area contributed by atoms with Crippen LogP contribution in [0.25, 0.3) is 0 Å². The van der Waals surface area contributed by atoms with Crippen LogP contribution in [0.5, 0.6) is 0 Å². The minimum atomic E-state index is -0.329. The van der Waals surface area contributed by atoms with Gasteiger partial charge in [-0.3, -0.25) is 0 Å². The molecule has 0 fully saturated rings. The second-order valence-corrected chi connectivity index (χ2v) is 6.13. The normalized spacial score (nSPS) is 11.0. The molecule has 0 aromatic heterocycles. The van der Waals surface area contributed by atoms with Crippen molar-refractivity contribution in [1.29, 1.82) is 0 Å². The maximum absolute atomic E-state index is 11.4. The molecule has 0 spiro atoms.